The average molecular weight is 312 g/mol. The van der Waals surface area contributed by atoms with Gasteiger partial charge in [0.05, 0.1) is 18.4 Å². The maximum Gasteiger partial charge on any atom is 0.242 e. The quantitative estimate of drug-likeness (QED) is 0.759. The fraction of sp³-hybridized carbons (Fsp3) is 0.600. The zero-order valence-electron chi connectivity index (χ0n) is 12.5. The van der Waals surface area contributed by atoms with Gasteiger partial charge >= 0.3 is 0 Å². The molecule has 1 aliphatic carbocycles. The fourth-order valence-corrected chi connectivity index (χ4v) is 3.84. The predicted molar refractivity (Wildman–Crippen MR) is 84.0 cm³/mol. The Hall–Kier alpha value is -1.11. The van der Waals surface area contributed by atoms with Crippen molar-refractivity contribution >= 4 is 15.7 Å². The van der Waals surface area contributed by atoms with Crippen LogP contribution in [0, 0.1) is 0 Å². The molecule has 0 aromatic heterocycles. The summed E-state index contributed by atoms with van der Waals surface area (Å²) in [6, 6.07) is 6.86. The summed E-state index contributed by atoms with van der Waals surface area (Å²) in [5, 5.41) is 2.89. The molecule has 0 aliphatic heterocycles. The Labute approximate surface area is 127 Å². The molecular weight excluding hydrogens is 288 g/mol. The molecule has 0 heterocycles. The number of rotatable bonds is 7. The Balaban J connectivity index is 1.83. The van der Waals surface area contributed by atoms with E-state index in [4.69, 9.17) is 4.74 Å². The van der Waals surface area contributed by atoms with Crippen molar-refractivity contribution in [1.29, 1.82) is 0 Å². The summed E-state index contributed by atoms with van der Waals surface area (Å²) in [6.07, 6.45) is 6.20. The standard InChI is InChI=1S/C15H24N2O3S/c1-16-14-9-5-6-10-15(14)21(18,19)17-11-12-20-13-7-3-2-4-8-13/h5-6,9-10,13,16-17H,2-4,7-8,11-12H2,1H3. The SMILES string of the molecule is CNc1ccccc1S(=O)(=O)NCCOC1CCCCC1. The molecule has 1 aromatic rings. The lowest BCUT2D eigenvalue weighted by Crippen LogP contribution is -2.29. The number of benzene rings is 1. The van der Waals surface area contributed by atoms with Crippen LogP contribution in [0.4, 0.5) is 5.69 Å². The first-order chi connectivity index (χ1) is 10.1. The van der Waals surface area contributed by atoms with Gasteiger partial charge in [0.1, 0.15) is 4.90 Å². The van der Waals surface area contributed by atoms with E-state index in [2.05, 4.69) is 10.0 Å². The van der Waals surface area contributed by atoms with Gasteiger partial charge in [-0.25, -0.2) is 13.1 Å². The van der Waals surface area contributed by atoms with Crippen LogP contribution in [-0.2, 0) is 14.8 Å². The molecule has 5 nitrogen and oxygen atoms in total. The second-order valence-corrected chi connectivity index (χ2v) is 7.01. The van der Waals surface area contributed by atoms with Crippen molar-refractivity contribution in [3.05, 3.63) is 24.3 Å². The van der Waals surface area contributed by atoms with Crippen molar-refractivity contribution in [1.82, 2.24) is 4.72 Å². The largest absolute Gasteiger partial charge is 0.387 e. The molecule has 2 rings (SSSR count). The third-order valence-corrected chi connectivity index (χ3v) is 5.27. The van der Waals surface area contributed by atoms with Gasteiger partial charge in [-0.15, -0.1) is 0 Å². The zero-order chi connectivity index (χ0) is 15.1. The molecule has 0 atom stereocenters. The van der Waals surface area contributed by atoms with Crippen LogP contribution in [0.2, 0.25) is 0 Å². The van der Waals surface area contributed by atoms with Crippen LogP contribution in [-0.4, -0.2) is 34.7 Å². The van der Waals surface area contributed by atoms with E-state index in [1.807, 2.05) is 0 Å². The van der Waals surface area contributed by atoms with Gasteiger partial charge in [0.2, 0.25) is 10.0 Å². The van der Waals surface area contributed by atoms with E-state index in [9.17, 15) is 8.42 Å². The van der Waals surface area contributed by atoms with Crippen molar-refractivity contribution in [3.8, 4) is 0 Å². The maximum absolute atomic E-state index is 12.3. The van der Waals surface area contributed by atoms with Crippen LogP contribution < -0.4 is 10.0 Å². The van der Waals surface area contributed by atoms with Gasteiger partial charge in [0.15, 0.2) is 0 Å². The van der Waals surface area contributed by atoms with Crippen molar-refractivity contribution in [3.63, 3.8) is 0 Å². The molecule has 2 N–H and O–H groups in total. The van der Waals surface area contributed by atoms with Gasteiger partial charge in [-0.1, -0.05) is 31.4 Å². The minimum absolute atomic E-state index is 0.269. The van der Waals surface area contributed by atoms with E-state index in [1.54, 1.807) is 31.3 Å². The van der Waals surface area contributed by atoms with E-state index in [0.29, 0.717) is 24.9 Å². The molecule has 21 heavy (non-hydrogen) atoms. The van der Waals surface area contributed by atoms with Gasteiger partial charge in [-0.3, -0.25) is 0 Å². The Bertz CT molecular complexity index is 540. The van der Waals surface area contributed by atoms with Gasteiger partial charge in [0.25, 0.3) is 0 Å². The summed E-state index contributed by atoms with van der Waals surface area (Å²) < 4.78 is 32.8. The van der Waals surface area contributed by atoms with Crippen LogP contribution in [0.5, 0.6) is 0 Å². The highest BCUT2D eigenvalue weighted by Crippen LogP contribution is 2.21. The number of para-hydroxylation sites is 1. The molecular formula is C15H24N2O3S. The number of nitrogens with one attached hydrogen (secondary N) is 2. The van der Waals surface area contributed by atoms with Gasteiger partial charge in [0, 0.05) is 13.6 Å². The number of sulfonamides is 1. The van der Waals surface area contributed by atoms with Crippen LogP contribution >= 0.6 is 0 Å². The Kier molecular flexibility index (Phi) is 6.02. The summed E-state index contributed by atoms with van der Waals surface area (Å²) in [4.78, 5) is 0.269. The Morgan fingerprint density at radius 1 is 1.19 bits per heavy atom. The third-order valence-electron chi connectivity index (χ3n) is 3.75. The summed E-state index contributed by atoms with van der Waals surface area (Å²) >= 11 is 0. The second-order valence-electron chi connectivity index (χ2n) is 5.27. The number of ether oxygens (including phenoxy) is 1. The lowest BCUT2D eigenvalue weighted by molar-refractivity contribution is 0.0321. The molecule has 0 radical (unpaired) electrons. The number of anilines is 1. The highest BCUT2D eigenvalue weighted by Gasteiger charge is 2.18. The van der Waals surface area contributed by atoms with Crippen molar-refractivity contribution in [2.24, 2.45) is 0 Å². The minimum atomic E-state index is -3.50. The molecule has 0 amide bonds. The molecule has 0 unspecified atom stereocenters. The van der Waals surface area contributed by atoms with E-state index in [1.165, 1.54) is 19.3 Å². The van der Waals surface area contributed by atoms with E-state index < -0.39 is 10.0 Å². The fourth-order valence-electron chi connectivity index (χ4n) is 2.62. The summed E-state index contributed by atoms with van der Waals surface area (Å²) in [5.41, 5.74) is 0.596. The lowest BCUT2D eigenvalue weighted by Gasteiger charge is -2.22. The normalized spacial score (nSPS) is 16.8. The van der Waals surface area contributed by atoms with E-state index >= 15 is 0 Å². The number of hydrogen-bond acceptors (Lipinski definition) is 4. The molecule has 118 valence electrons. The lowest BCUT2D eigenvalue weighted by atomic mass is 9.98. The molecule has 1 aliphatic rings. The van der Waals surface area contributed by atoms with Crippen LogP contribution in [0.3, 0.4) is 0 Å². The molecule has 0 spiro atoms. The van der Waals surface area contributed by atoms with Gasteiger partial charge in [-0.05, 0) is 25.0 Å². The summed E-state index contributed by atoms with van der Waals surface area (Å²) in [5.74, 6) is 0. The summed E-state index contributed by atoms with van der Waals surface area (Å²) in [7, 11) is -1.79. The molecule has 6 heteroatoms. The first-order valence-electron chi connectivity index (χ1n) is 7.51. The molecule has 1 fully saturated rings. The number of hydrogen-bond donors (Lipinski definition) is 2. The Morgan fingerprint density at radius 3 is 2.62 bits per heavy atom. The monoisotopic (exact) mass is 312 g/mol. The van der Waals surface area contributed by atoms with Gasteiger partial charge < -0.3 is 10.1 Å². The Morgan fingerprint density at radius 2 is 1.90 bits per heavy atom. The second kappa shape index (κ2) is 7.77. The van der Waals surface area contributed by atoms with Crippen LogP contribution in [0.15, 0.2) is 29.2 Å². The first kappa shape index (κ1) is 16.3. The molecule has 1 saturated carbocycles. The van der Waals surface area contributed by atoms with Crippen molar-refractivity contribution < 1.29 is 13.2 Å². The maximum atomic E-state index is 12.3. The average Bonchev–Trinajstić information content (AvgIpc) is 2.52. The van der Waals surface area contributed by atoms with Crippen molar-refractivity contribution in [2.75, 3.05) is 25.5 Å². The third kappa shape index (κ3) is 4.69. The molecule has 0 saturated heterocycles. The van der Waals surface area contributed by atoms with Crippen LogP contribution in [0.25, 0.3) is 0 Å². The van der Waals surface area contributed by atoms with Gasteiger partial charge in [-0.2, -0.15) is 0 Å². The van der Waals surface area contributed by atoms with Crippen molar-refractivity contribution in [2.45, 2.75) is 43.1 Å². The van der Waals surface area contributed by atoms with E-state index in [0.717, 1.165) is 12.8 Å². The summed E-state index contributed by atoms with van der Waals surface area (Å²) in [6.45, 7) is 0.725. The minimum Gasteiger partial charge on any atom is -0.387 e. The highest BCUT2D eigenvalue weighted by molar-refractivity contribution is 7.89. The topological polar surface area (TPSA) is 67.4 Å². The first-order valence-corrected chi connectivity index (χ1v) is 9.00. The van der Waals surface area contributed by atoms with Crippen LogP contribution in [0.1, 0.15) is 32.1 Å². The van der Waals surface area contributed by atoms with E-state index in [-0.39, 0.29) is 4.90 Å². The highest BCUT2D eigenvalue weighted by atomic mass is 32.2. The zero-order valence-corrected chi connectivity index (χ0v) is 13.3. The smallest absolute Gasteiger partial charge is 0.242 e. The molecule has 0 bridgehead atoms. The molecule has 1 aromatic carbocycles. The predicted octanol–water partition coefficient (Wildman–Crippen LogP) is 2.36.